The van der Waals surface area contributed by atoms with Crippen molar-refractivity contribution in [2.45, 2.75) is 83.2 Å². The summed E-state index contributed by atoms with van der Waals surface area (Å²) in [6.07, 6.45) is 15.2. The van der Waals surface area contributed by atoms with Crippen molar-refractivity contribution >= 4 is 11.8 Å². The van der Waals surface area contributed by atoms with Crippen LogP contribution in [0.15, 0.2) is 12.2 Å². The van der Waals surface area contributed by atoms with Crippen LogP contribution >= 0.6 is 0 Å². The van der Waals surface area contributed by atoms with E-state index in [0.717, 1.165) is 50.4 Å². The number of ketones is 1. The van der Waals surface area contributed by atoms with Gasteiger partial charge in [0.15, 0.2) is 0 Å². The van der Waals surface area contributed by atoms with Crippen molar-refractivity contribution in [3.05, 3.63) is 12.2 Å². The average molecular weight is 363 g/mol. The van der Waals surface area contributed by atoms with Crippen LogP contribution in [0.4, 0.5) is 0 Å². The van der Waals surface area contributed by atoms with Crippen LogP contribution in [0.3, 0.4) is 0 Å². The molecule has 2 unspecified atom stereocenters. The third kappa shape index (κ3) is 4.97. The molecular formula is C22H34O4. The Morgan fingerprint density at radius 3 is 2.42 bits per heavy atom. The quantitative estimate of drug-likeness (QED) is 0.447. The first-order valence-corrected chi connectivity index (χ1v) is 10.7. The first-order valence-electron chi connectivity index (χ1n) is 10.7. The summed E-state index contributed by atoms with van der Waals surface area (Å²) >= 11 is 0. The lowest BCUT2D eigenvalue weighted by Crippen LogP contribution is -2.18. The predicted octanol–water partition coefficient (Wildman–Crippen LogP) is 4.36. The normalized spacial score (nSPS) is 34.8. The topological polar surface area (TPSA) is 74.6 Å². The van der Waals surface area contributed by atoms with Gasteiger partial charge in [-0.05, 0) is 68.6 Å². The van der Waals surface area contributed by atoms with E-state index >= 15 is 0 Å². The van der Waals surface area contributed by atoms with Crippen molar-refractivity contribution in [3.8, 4) is 0 Å². The van der Waals surface area contributed by atoms with Gasteiger partial charge in [-0.25, -0.2) is 0 Å². The molecular weight excluding hydrogens is 328 g/mol. The van der Waals surface area contributed by atoms with Gasteiger partial charge in [-0.2, -0.15) is 0 Å². The number of fused-ring (bicyclic) bond motifs is 1. The van der Waals surface area contributed by atoms with Crippen LogP contribution < -0.4 is 0 Å². The molecule has 0 saturated heterocycles. The number of carbonyl (C=O) groups is 2. The van der Waals surface area contributed by atoms with E-state index in [2.05, 4.69) is 6.08 Å². The molecule has 0 aliphatic heterocycles. The smallest absolute Gasteiger partial charge is 0.303 e. The molecule has 2 N–H and O–H groups in total. The van der Waals surface area contributed by atoms with E-state index in [1.165, 1.54) is 25.7 Å². The van der Waals surface area contributed by atoms with E-state index in [1.54, 1.807) is 0 Å². The fraction of sp³-hybridized carbons (Fsp3) is 0.818. The Kier molecular flexibility index (Phi) is 6.91. The van der Waals surface area contributed by atoms with Crippen LogP contribution in [-0.4, -0.2) is 28.1 Å². The van der Waals surface area contributed by atoms with E-state index in [4.69, 9.17) is 5.11 Å². The fourth-order valence-electron chi connectivity index (χ4n) is 5.36. The zero-order valence-corrected chi connectivity index (χ0v) is 15.8. The molecule has 3 fully saturated rings. The van der Waals surface area contributed by atoms with Crippen molar-refractivity contribution < 1.29 is 19.8 Å². The fourth-order valence-corrected chi connectivity index (χ4v) is 5.36. The number of hydrogen-bond acceptors (Lipinski definition) is 3. The van der Waals surface area contributed by atoms with E-state index in [-0.39, 0.29) is 24.4 Å². The summed E-state index contributed by atoms with van der Waals surface area (Å²) in [4.78, 5) is 22.7. The molecule has 4 nitrogen and oxygen atoms in total. The summed E-state index contributed by atoms with van der Waals surface area (Å²) in [5.74, 6) is 2.20. The number of allylic oxidation sites excluding steroid dienone is 1. The molecule has 26 heavy (non-hydrogen) atoms. The Morgan fingerprint density at radius 1 is 1.08 bits per heavy atom. The van der Waals surface area contributed by atoms with Crippen molar-refractivity contribution in [2.75, 3.05) is 0 Å². The number of aliphatic hydroxyl groups excluding tert-OH is 1. The average Bonchev–Trinajstić information content (AvgIpc) is 3.08. The van der Waals surface area contributed by atoms with Crippen molar-refractivity contribution in [3.63, 3.8) is 0 Å². The Bertz CT molecular complexity index is 514. The molecule has 0 bridgehead atoms. The van der Waals surface area contributed by atoms with Crippen LogP contribution in [0.2, 0.25) is 0 Å². The lowest BCUT2D eigenvalue weighted by molar-refractivity contribution is -0.137. The highest BCUT2D eigenvalue weighted by atomic mass is 16.4. The number of Topliss-reactive ketones (excluding diaryl/α,β-unsaturated/α-hetero) is 1. The largest absolute Gasteiger partial charge is 0.481 e. The predicted molar refractivity (Wildman–Crippen MR) is 101 cm³/mol. The van der Waals surface area contributed by atoms with Gasteiger partial charge in [0.25, 0.3) is 0 Å². The standard InChI is InChI=1S/C22H34O4/c23-20(18-13-16-7-8-17(16)14-18)11-9-15-10-12-21(24)19(15)5-3-1-2-4-6-22(25)26/h9,11,15-20,23H,1-8,10,12-14H2,(H,25,26)/b11-9+/t15-,16?,17?,18?,19+,20-/m0/s1. The monoisotopic (exact) mass is 362 g/mol. The number of hydrogen-bond donors (Lipinski definition) is 2. The zero-order valence-electron chi connectivity index (χ0n) is 15.8. The summed E-state index contributed by atoms with van der Waals surface area (Å²) < 4.78 is 0. The summed E-state index contributed by atoms with van der Waals surface area (Å²) in [6.45, 7) is 0. The second-order valence-electron chi connectivity index (χ2n) is 8.83. The maximum absolute atomic E-state index is 12.2. The molecule has 0 radical (unpaired) electrons. The summed E-state index contributed by atoms with van der Waals surface area (Å²) in [6, 6.07) is 0. The van der Waals surface area contributed by atoms with Gasteiger partial charge in [-0.3, -0.25) is 9.59 Å². The highest BCUT2D eigenvalue weighted by molar-refractivity contribution is 5.83. The Labute approximate surface area is 157 Å². The van der Waals surface area contributed by atoms with E-state index in [1.807, 2.05) is 6.08 Å². The summed E-state index contributed by atoms with van der Waals surface area (Å²) in [5, 5.41) is 19.2. The van der Waals surface area contributed by atoms with Crippen LogP contribution in [0.1, 0.15) is 77.0 Å². The minimum atomic E-state index is -0.727. The molecule has 0 spiro atoms. The third-order valence-corrected chi connectivity index (χ3v) is 7.13. The Balaban J connectivity index is 1.39. The highest BCUT2D eigenvalue weighted by Gasteiger charge is 2.42. The van der Waals surface area contributed by atoms with Gasteiger partial charge in [0.2, 0.25) is 0 Å². The van der Waals surface area contributed by atoms with Crippen LogP contribution in [0.25, 0.3) is 0 Å². The molecule has 0 aromatic heterocycles. The summed E-state index contributed by atoms with van der Waals surface area (Å²) in [7, 11) is 0. The Morgan fingerprint density at radius 2 is 1.77 bits per heavy atom. The van der Waals surface area contributed by atoms with Gasteiger partial charge in [0.1, 0.15) is 5.78 Å². The summed E-state index contributed by atoms with van der Waals surface area (Å²) in [5.41, 5.74) is 0. The molecule has 0 heterocycles. The first kappa shape index (κ1) is 19.6. The minimum absolute atomic E-state index is 0.109. The molecule has 4 heteroatoms. The Hall–Kier alpha value is -1.16. The second-order valence-corrected chi connectivity index (χ2v) is 8.83. The number of carbonyl (C=O) groups excluding carboxylic acids is 1. The lowest BCUT2D eigenvalue weighted by Gasteiger charge is -2.29. The van der Waals surface area contributed by atoms with Gasteiger partial charge < -0.3 is 10.2 Å². The molecule has 0 aromatic rings. The van der Waals surface area contributed by atoms with Crippen molar-refractivity contribution in [2.24, 2.45) is 29.6 Å². The molecule has 5 atom stereocenters. The number of rotatable bonds is 10. The van der Waals surface area contributed by atoms with Crippen molar-refractivity contribution in [1.29, 1.82) is 0 Å². The SMILES string of the molecule is O=C(O)CCCCCC[C@H]1C(=O)CC[C@@H]1/C=C/[C@H](O)C1CC2CCC2C1. The van der Waals surface area contributed by atoms with Crippen molar-refractivity contribution in [1.82, 2.24) is 0 Å². The zero-order chi connectivity index (χ0) is 18.5. The molecule has 3 aliphatic carbocycles. The number of aliphatic hydroxyl groups is 1. The van der Waals surface area contributed by atoms with Gasteiger partial charge in [0, 0.05) is 18.8 Å². The van der Waals surface area contributed by atoms with E-state index in [0.29, 0.717) is 18.1 Å². The van der Waals surface area contributed by atoms with Crippen LogP contribution in [0, 0.1) is 29.6 Å². The molecule has 3 aliphatic rings. The maximum atomic E-state index is 12.2. The molecule has 3 saturated carbocycles. The molecule has 3 rings (SSSR count). The molecule has 0 aromatic carbocycles. The van der Waals surface area contributed by atoms with Crippen LogP contribution in [0.5, 0.6) is 0 Å². The lowest BCUT2D eigenvalue weighted by atomic mass is 9.77. The number of unbranched alkanes of at least 4 members (excludes halogenated alkanes) is 3. The van der Waals surface area contributed by atoms with Gasteiger partial charge >= 0.3 is 5.97 Å². The molecule has 0 amide bonds. The van der Waals surface area contributed by atoms with Gasteiger partial charge in [-0.1, -0.05) is 31.4 Å². The van der Waals surface area contributed by atoms with E-state index < -0.39 is 5.97 Å². The first-order chi connectivity index (χ1) is 12.5. The maximum Gasteiger partial charge on any atom is 0.303 e. The van der Waals surface area contributed by atoms with Crippen LogP contribution in [-0.2, 0) is 9.59 Å². The minimum Gasteiger partial charge on any atom is -0.481 e. The number of carboxylic acids is 1. The highest BCUT2D eigenvalue weighted by Crippen LogP contribution is 2.50. The number of aliphatic carboxylic acids is 1. The number of carboxylic acid groups (broad SMARTS) is 1. The molecule has 146 valence electrons. The second kappa shape index (κ2) is 9.16. The van der Waals surface area contributed by atoms with Gasteiger partial charge in [-0.15, -0.1) is 0 Å². The van der Waals surface area contributed by atoms with E-state index in [9.17, 15) is 14.7 Å². The van der Waals surface area contributed by atoms with Gasteiger partial charge in [0.05, 0.1) is 6.10 Å². The third-order valence-electron chi connectivity index (χ3n) is 7.13.